The molecule has 68 heavy (non-hydrogen) atoms. The Hall–Kier alpha value is -6.35. The molecule has 0 aliphatic carbocycles. The van der Waals surface area contributed by atoms with E-state index < -0.39 is 83.7 Å². The third-order valence-corrected chi connectivity index (χ3v) is 12.2. The monoisotopic (exact) mass is 1080 g/mol. The fourth-order valence-corrected chi connectivity index (χ4v) is 8.78. The topological polar surface area (TPSA) is 50.9 Å². The van der Waals surface area contributed by atoms with E-state index in [1.165, 1.54) is 0 Å². The smallest absolute Gasteiger partial charge is 0.148 e. The fraction of sp³-hybridized carbons (Fsp3) is 0.238. The van der Waals surface area contributed by atoms with Gasteiger partial charge < -0.3 is 5.11 Å². The van der Waals surface area contributed by atoms with Gasteiger partial charge >= 0.3 is 0 Å². The number of phenols is 1. The molecule has 0 amide bonds. The number of hydrogen-bond acceptors (Lipinski definition) is 3. The van der Waals surface area contributed by atoms with Gasteiger partial charge in [0, 0.05) is 46.7 Å². The summed E-state index contributed by atoms with van der Waals surface area (Å²) < 4.78 is 116. The molecule has 2 heterocycles. The summed E-state index contributed by atoms with van der Waals surface area (Å²) in [5, 5.41) is 12.4. The van der Waals surface area contributed by atoms with Crippen molar-refractivity contribution in [2.75, 3.05) is 0 Å². The normalized spacial score (nSPS) is 15.2. The van der Waals surface area contributed by atoms with Gasteiger partial charge in [-0.3, -0.25) is 9.55 Å². The SMILES string of the molecule is [2H]c1nc(-c2[c-]c(-c3cccc4c3nc(-c3cc(C)cc(C(C)(C)C)c3O)n4-c3ccc(-c4c(-c5ccccc5)cccc4C(C)(C)C)cc3C([2H])([2H])[2H])cc(C(C)(C)C)c2)c([2H])c(-c2c([2H])c([2H])c(C([2H])([2H])[2H])c([2H])c2[2H])c1[2H].[Pt]. The Balaban J connectivity index is 0.00000860. The zero-order valence-corrected chi connectivity index (χ0v) is 42.3. The molecule has 0 fully saturated rings. The summed E-state index contributed by atoms with van der Waals surface area (Å²) >= 11 is 0. The number of phenolic OH excluding ortho intramolecular Hbond substituents is 1. The molecule has 7 aromatic carbocycles. The van der Waals surface area contributed by atoms with Crippen LogP contribution in [-0.4, -0.2) is 19.6 Å². The van der Waals surface area contributed by atoms with Gasteiger partial charge in [0.1, 0.15) is 11.6 Å². The minimum atomic E-state index is -3.00. The van der Waals surface area contributed by atoms with E-state index in [-0.39, 0.29) is 54.9 Å². The molecular weight excluding hydrogens is 1010 g/mol. The molecule has 0 saturated carbocycles. The molecule has 1 N–H and O–H groups in total. The van der Waals surface area contributed by atoms with Gasteiger partial charge in [-0.25, -0.2) is 4.98 Å². The molecule has 9 rings (SSSR count). The molecule has 0 spiro atoms. The predicted octanol–water partition coefficient (Wildman–Crippen LogP) is 16.7. The van der Waals surface area contributed by atoms with Crippen molar-refractivity contribution in [3.8, 4) is 78.6 Å². The summed E-state index contributed by atoms with van der Waals surface area (Å²) in [5.74, 6) is 0.242. The number of imidazole rings is 1. The number of fused-ring (bicyclic) bond motifs is 1. The van der Waals surface area contributed by atoms with Crippen LogP contribution in [0.2, 0.25) is 0 Å². The summed E-state index contributed by atoms with van der Waals surface area (Å²) in [6, 6.07) is 33.6. The summed E-state index contributed by atoms with van der Waals surface area (Å²) in [6.07, 6.45) is -0.633. The molecule has 9 aromatic rings. The van der Waals surface area contributed by atoms with Crippen molar-refractivity contribution in [1.29, 1.82) is 0 Å². The van der Waals surface area contributed by atoms with Gasteiger partial charge in [-0.2, -0.15) is 0 Å². The molecule has 0 bridgehead atoms. The largest absolute Gasteiger partial charge is 0.507 e. The molecule has 2 aromatic heterocycles. The zero-order chi connectivity index (χ0) is 58.7. The van der Waals surface area contributed by atoms with Crippen LogP contribution in [0.1, 0.15) is 114 Å². The molecule has 4 nitrogen and oxygen atoms in total. The maximum atomic E-state index is 12.4. The first-order valence-corrected chi connectivity index (χ1v) is 22.5. The molecule has 346 valence electrons. The summed E-state index contributed by atoms with van der Waals surface area (Å²) in [6.45, 7) is 14.6. The second kappa shape index (κ2) is 18.3. The molecule has 0 unspecified atom stereocenters. The average molecular weight is 1090 g/mol. The van der Waals surface area contributed by atoms with Crippen molar-refractivity contribution >= 4 is 11.0 Å². The van der Waals surface area contributed by atoms with Gasteiger partial charge in [-0.1, -0.05) is 182 Å². The number of nitrogens with zero attached hydrogens (tertiary/aromatic N) is 3. The van der Waals surface area contributed by atoms with Crippen LogP contribution < -0.4 is 0 Å². The number of pyridine rings is 1. The molecule has 0 aliphatic heterocycles. The van der Waals surface area contributed by atoms with Crippen LogP contribution in [0.15, 0.2) is 152 Å². The Kier molecular flexibility index (Phi) is 9.14. The van der Waals surface area contributed by atoms with Gasteiger partial charge in [0.2, 0.25) is 0 Å². The van der Waals surface area contributed by atoms with E-state index in [1.807, 2.05) is 133 Å². The van der Waals surface area contributed by atoms with Crippen LogP contribution in [0, 0.1) is 26.7 Å². The Bertz CT molecular complexity index is 3950. The van der Waals surface area contributed by atoms with E-state index in [0.29, 0.717) is 44.5 Å². The summed E-state index contributed by atoms with van der Waals surface area (Å²) in [7, 11) is 0. The summed E-state index contributed by atoms with van der Waals surface area (Å²) in [5.41, 5.74) is 6.21. The maximum absolute atomic E-state index is 12.4. The van der Waals surface area contributed by atoms with Gasteiger partial charge in [0.15, 0.2) is 0 Å². The number of benzene rings is 7. The van der Waals surface area contributed by atoms with Crippen molar-refractivity contribution in [3.05, 3.63) is 191 Å². The van der Waals surface area contributed by atoms with Gasteiger partial charge in [0.25, 0.3) is 0 Å². The van der Waals surface area contributed by atoms with E-state index in [1.54, 1.807) is 16.7 Å². The van der Waals surface area contributed by atoms with Crippen LogP contribution in [0.5, 0.6) is 5.75 Å². The van der Waals surface area contributed by atoms with Gasteiger partial charge in [-0.05, 0) is 117 Å². The van der Waals surface area contributed by atoms with E-state index in [9.17, 15) is 10.6 Å². The number of hydrogen-bond donors (Lipinski definition) is 1. The Morgan fingerprint density at radius 1 is 0.603 bits per heavy atom. The van der Waals surface area contributed by atoms with Crippen molar-refractivity contribution in [2.24, 2.45) is 0 Å². The third-order valence-electron chi connectivity index (χ3n) is 12.2. The first-order valence-electron chi connectivity index (χ1n) is 29.0. The van der Waals surface area contributed by atoms with Crippen LogP contribution >= 0.6 is 0 Å². The van der Waals surface area contributed by atoms with Gasteiger partial charge in [0.05, 0.1) is 31.9 Å². The summed E-state index contributed by atoms with van der Waals surface area (Å²) in [4.78, 5) is 9.80. The van der Waals surface area contributed by atoms with Crippen LogP contribution in [0.25, 0.3) is 83.9 Å². The number of aromatic hydroxyl groups is 1. The Labute approximate surface area is 436 Å². The molecule has 5 heteroatoms. The maximum Gasteiger partial charge on any atom is 0.148 e. The van der Waals surface area contributed by atoms with Crippen molar-refractivity contribution in [3.63, 3.8) is 0 Å². The standard InChI is InChI=1S/C63H62N3O.Pt/c1-39-24-26-42(27-25-39)44-30-31-64-54(38-44)47-35-46(36-48(37-47)61(4,5)6)50-21-17-23-56-58(50)65-60(51-32-40(2)33-53(59(51)67)63(10,11)12)66(56)55-29-28-45(34-41(55)3)57-49(43-18-14-13-15-19-43)20-16-22-52(57)62(7,8)9;/h13-34,36-38,67H,1-12H3;/q-1;/i1D3,3D3,24D,25D,26D,27D,30D,31D,38D;. The van der Waals surface area contributed by atoms with Crippen molar-refractivity contribution < 1.29 is 44.0 Å². The van der Waals surface area contributed by atoms with E-state index >= 15 is 0 Å². The number of aryl methyl sites for hydroxylation is 2. The number of rotatable bonds is 7. The van der Waals surface area contributed by atoms with E-state index in [2.05, 4.69) is 44.0 Å². The minimum absolute atomic E-state index is 0. The fourth-order valence-electron chi connectivity index (χ4n) is 8.78. The van der Waals surface area contributed by atoms with Crippen LogP contribution in [-0.2, 0) is 37.3 Å². The number of para-hydroxylation sites is 1. The van der Waals surface area contributed by atoms with Crippen molar-refractivity contribution in [2.45, 2.75) is 99.2 Å². The second-order valence-corrected chi connectivity index (χ2v) is 20.4. The molecular formula is C63H62N3OPt-. The van der Waals surface area contributed by atoms with Crippen LogP contribution in [0.3, 0.4) is 0 Å². The molecule has 0 saturated heterocycles. The zero-order valence-electron chi connectivity index (χ0n) is 53.0. The van der Waals surface area contributed by atoms with E-state index in [4.69, 9.17) is 17.3 Å². The minimum Gasteiger partial charge on any atom is -0.507 e. The van der Waals surface area contributed by atoms with E-state index in [0.717, 1.165) is 33.4 Å². The quantitative estimate of drug-likeness (QED) is 0.162. The second-order valence-electron chi connectivity index (χ2n) is 20.4. The van der Waals surface area contributed by atoms with Gasteiger partial charge in [-0.15, -0.1) is 29.3 Å². The molecule has 0 atom stereocenters. The first-order chi connectivity index (χ1) is 37.1. The number of aromatic nitrogens is 3. The molecule has 0 aliphatic rings. The first kappa shape index (κ1) is 34.0. The Morgan fingerprint density at radius 2 is 1.31 bits per heavy atom. The van der Waals surface area contributed by atoms with Crippen molar-refractivity contribution in [1.82, 2.24) is 14.5 Å². The predicted molar refractivity (Wildman–Crippen MR) is 282 cm³/mol. The van der Waals surface area contributed by atoms with Crippen LogP contribution in [0.4, 0.5) is 0 Å². The molecule has 0 radical (unpaired) electrons. The third kappa shape index (κ3) is 9.29. The average Bonchev–Trinajstić information content (AvgIpc) is 3.93. The Morgan fingerprint density at radius 3 is 2.00 bits per heavy atom.